The van der Waals surface area contributed by atoms with E-state index in [9.17, 15) is 4.79 Å². The lowest BCUT2D eigenvalue weighted by atomic mass is 10.2. The maximum absolute atomic E-state index is 12.1. The van der Waals surface area contributed by atoms with E-state index in [-0.39, 0.29) is 12.5 Å². The van der Waals surface area contributed by atoms with Gasteiger partial charge in [-0.15, -0.1) is 0 Å². The number of fused-ring (bicyclic) bond motifs is 1. The van der Waals surface area contributed by atoms with E-state index >= 15 is 0 Å². The van der Waals surface area contributed by atoms with Crippen LogP contribution in [0.25, 0.3) is 10.9 Å². The summed E-state index contributed by atoms with van der Waals surface area (Å²) in [5.41, 5.74) is 1.60. The Bertz CT molecular complexity index is 1310. The molecule has 0 saturated heterocycles. The van der Waals surface area contributed by atoms with Gasteiger partial charge in [-0.05, 0) is 48.0 Å². The third-order valence-corrected chi connectivity index (χ3v) is 5.14. The number of ether oxygens (including phenoxy) is 5. The Labute approximate surface area is 202 Å². The normalized spacial score (nSPS) is 10.5. The van der Waals surface area contributed by atoms with Gasteiger partial charge in [0.05, 0.1) is 32.2 Å². The lowest BCUT2D eigenvalue weighted by Crippen LogP contribution is -2.28. The predicted octanol–water partition coefficient (Wildman–Crippen LogP) is 4.14. The van der Waals surface area contributed by atoms with E-state index in [1.54, 1.807) is 57.7 Å². The topological polar surface area (TPSA) is 101 Å². The summed E-state index contributed by atoms with van der Waals surface area (Å²) in [6, 6.07) is 17.9. The SMILES string of the molecule is COc1cccc(CNC(=O)COc2ccc(Oc3ncnc4cc(OC)c(OC)cc34)cc2)c1. The molecule has 0 unspecified atom stereocenters. The highest BCUT2D eigenvalue weighted by Gasteiger charge is 2.12. The minimum atomic E-state index is -0.232. The molecular weight excluding hydrogens is 450 g/mol. The van der Waals surface area contributed by atoms with Crippen LogP contribution in [-0.4, -0.2) is 43.8 Å². The standard InChI is InChI=1S/C26H25N3O6/c1-31-20-6-4-5-17(11-20)14-27-25(30)15-34-18-7-9-19(10-8-18)35-26-21-12-23(32-2)24(33-3)13-22(21)28-16-29-26/h4-13,16H,14-15H2,1-3H3,(H,27,30). The second-order valence-electron chi connectivity index (χ2n) is 7.39. The number of carbonyl (C=O) groups is 1. The van der Waals surface area contributed by atoms with Crippen molar-refractivity contribution < 1.29 is 28.5 Å². The molecular formula is C26H25N3O6. The number of nitrogens with one attached hydrogen (secondary N) is 1. The molecule has 0 fully saturated rings. The Morgan fingerprint density at radius 2 is 1.57 bits per heavy atom. The van der Waals surface area contributed by atoms with Gasteiger partial charge in [-0.1, -0.05) is 12.1 Å². The van der Waals surface area contributed by atoms with Crippen LogP contribution in [0.3, 0.4) is 0 Å². The van der Waals surface area contributed by atoms with E-state index in [4.69, 9.17) is 23.7 Å². The monoisotopic (exact) mass is 475 g/mol. The van der Waals surface area contributed by atoms with Crippen molar-refractivity contribution in [2.75, 3.05) is 27.9 Å². The van der Waals surface area contributed by atoms with Gasteiger partial charge in [0.25, 0.3) is 5.91 Å². The molecule has 180 valence electrons. The van der Waals surface area contributed by atoms with Crippen molar-refractivity contribution in [3.63, 3.8) is 0 Å². The fourth-order valence-corrected chi connectivity index (χ4v) is 3.34. The quantitative estimate of drug-likeness (QED) is 0.365. The van der Waals surface area contributed by atoms with Crippen LogP contribution in [0.4, 0.5) is 0 Å². The zero-order chi connectivity index (χ0) is 24.6. The van der Waals surface area contributed by atoms with Crippen molar-refractivity contribution in [3.05, 3.63) is 72.6 Å². The molecule has 0 spiro atoms. The van der Waals surface area contributed by atoms with Gasteiger partial charge in [-0.2, -0.15) is 0 Å². The zero-order valence-electron chi connectivity index (χ0n) is 19.6. The van der Waals surface area contributed by atoms with Crippen LogP contribution in [0.2, 0.25) is 0 Å². The van der Waals surface area contributed by atoms with Crippen LogP contribution in [0.5, 0.6) is 34.6 Å². The minimum absolute atomic E-state index is 0.109. The van der Waals surface area contributed by atoms with E-state index in [1.807, 2.05) is 24.3 Å². The molecule has 1 amide bonds. The number of aromatic nitrogens is 2. The fraction of sp³-hybridized carbons (Fsp3) is 0.192. The number of nitrogens with zero attached hydrogens (tertiary/aromatic N) is 2. The lowest BCUT2D eigenvalue weighted by molar-refractivity contribution is -0.123. The molecule has 35 heavy (non-hydrogen) atoms. The Hall–Kier alpha value is -4.53. The summed E-state index contributed by atoms with van der Waals surface area (Å²) in [4.78, 5) is 20.7. The molecule has 3 aromatic carbocycles. The molecule has 9 nitrogen and oxygen atoms in total. The number of amides is 1. The summed E-state index contributed by atoms with van der Waals surface area (Å²) in [7, 11) is 4.73. The average Bonchev–Trinajstić information content (AvgIpc) is 2.91. The number of methoxy groups -OCH3 is 3. The largest absolute Gasteiger partial charge is 0.497 e. The van der Waals surface area contributed by atoms with Gasteiger partial charge in [0.1, 0.15) is 23.6 Å². The van der Waals surface area contributed by atoms with Gasteiger partial charge >= 0.3 is 0 Å². The van der Waals surface area contributed by atoms with Crippen LogP contribution < -0.4 is 29.0 Å². The Morgan fingerprint density at radius 3 is 2.31 bits per heavy atom. The van der Waals surface area contributed by atoms with Gasteiger partial charge in [-0.25, -0.2) is 9.97 Å². The summed E-state index contributed by atoms with van der Waals surface area (Å²) in [6.45, 7) is 0.276. The van der Waals surface area contributed by atoms with Crippen LogP contribution in [0, 0.1) is 0 Å². The Balaban J connectivity index is 1.35. The van der Waals surface area contributed by atoms with Crippen molar-refractivity contribution in [3.8, 4) is 34.6 Å². The number of benzene rings is 3. The predicted molar refractivity (Wildman–Crippen MR) is 129 cm³/mol. The second-order valence-corrected chi connectivity index (χ2v) is 7.39. The van der Waals surface area contributed by atoms with Gasteiger partial charge in [0.15, 0.2) is 18.1 Å². The maximum Gasteiger partial charge on any atom is 0.258 e. The number of hydrogen-bond donors (Lipinski definition) is 1. The molecule has 9 heteroatoms. The first kappa shape index (κ1) is 23.6. The molecule has 4 aromatic rings. The molecule has 0 aliphatic heterocycles. The van der Waals surface area contributed by atoms with E-state index in [0.29, 0.717) is 46.3 Å². The molecule has 1 heterocycles. The summed E-state index contributed by atoms with van der Waals surface area (Å²) < 4.78 is 27.4. The van der Waals surface area contributed by atoms with Gasteiger partial charge < -0.3 is 29.0 Å². The van der Waals surface area contributed by atoms with E-state index in [2.05, 4.69) is 15.3 Å². The summed E-state index contributed by atoms with van der Waals surface area (Å²) in [6.07, 6.45) is 1.42. The number of carbonyl (C=O) groups excluding carboxylic acids is 1. The molecule has 0 aliphatic carbocycles. The first-order valence-corrected chi connectivity index (χ1v) is 10.8. The average molecular weight is 476 g/mol. The Morgan fingerprint density at radius 1 is 0.829 bits per heavy atom. The smallest absolute Gasteiger partial charge is 0.258 e. The molecule has 0 saturated carbocycles. The van der Waals surface area contributed by atoms with Crippen molar-refractivity contribution in [1.82, 2.24) is 15.3 Å². The first-order valence-electron chi connectivity index (χ1n) is 10.8. The third kappa shape index (κ3) is 5.89. The highest BCUT2D eigenvalue weighted by molar-refractivity contribution is 5.87. The molecule has 1 N–H and O–H groups in total. The highest BCUT2D eigenvalue weighted by atomic mass is 16.5. The van der Waals surface area contributed by atoms with Crippen molar-refractivity contribution >= 4 is 16.8 Å². The highest BCUT2D eigenvalue weighted by Crippen LogP contribution is 2.35. The van der Waals surface area contributed by atoms with Gasteiger partial charge in [0, 0.05) is 12.6 Å². The van der Waals surface area contributed by atoms with E-state index < -0.39 is 0 Å². The molecule has 0 atom stereocenters. The molecule has 0 aliphatic rings. The third-order valence-electron chi connectivity index (χ3n) is 5.14. The second kappa shape index (κ2) is 11.1. The summed E-state index contributed by atoms with van der Waals surface area (Å²) in [5, 5.41) is 3.50. The molecule has 0 bridgehead atoms. The molecule has 1 aromatic heterocycles. The van der Waals surface area contributed by atoms with Crippen LogP contribution in [-0.2, 0) is 11.3 Å². The maximum atomic E-state index is 12.1. The van der Waals surface area contributed by atoms with Crippen molar-refractivity contribution in [1.29, 1.82) is 0 Å². The summed E-state index contributed by atoms with van der Waals surface area (Å²) >= 11 is 0. The van der Waals surface area contributed by atoms with Crippen LogP contribution in [0.15, 0.2) is 67.0 Å². The van der Waals surface area contributed by atoms with Crippen molar-refractivity contribution in [2.24, 2.45) is 0 Å². The van der Waals surface area contributed by atoms with Gasteiger partial charge in [-0.3, -0.25) is 4.79 Å². The Kier molecular flexibility index (Phi) is 7.47. The van der Waals surface area contributed by atoms with E-state index in [0.717, 1.165) is 11.3 Å². The van der Waals surface area contributed by atoms with Crippen molar-refractivity contribution in [2.45, 2.75) is 6.54 Å². The minimum Gasteiger partial charge on any atom is -0.497 e. The summed E-state index contributed by atoms with van der Waals surface area (Å²) in [5.74, 6) is 3.09. The van der Waals surface area contributed by atoms with Crippen LogP contribution >= 0.6 is 0 Å². The van der Waals surface area contributed by atoms with E-state index in [1.165, 1.54) is 6.33 Å². The zero-order valence-corrected chi connectivity index (χ0v) is 19.6. The van der Waals surface area contributed by atoms with Crippen LogP contribution in [0.1, 0.15) is 5.56 Å². The number of hydrogen-bond acceptors (Lipinski definition) is 8. The fourth-order valence-electron chi connectivity index (χ4n) is 3.34. The number of rotatable bonds is 10. The van der Waals surface area contributed by atoms with Gasteiger partial charge in [0.2, 0.25) is 5.88 Å². The first-order chi connectivity index (χ1) is 17.1. The molecule has 4 rings (SSSR count). The molecule has 0 radical (unpaired) electrons. The lowest BCUT2D eigenvalue weighted by Gasteiger charge is -2.12.